The van der Waals surface area contributed by atoms with Crippen molar-refractivity contribution < 1.29 is 4.74 Å². The number of rotatable bonds is 6. The molecular weight excluding hydrogens is 420 g/mol. The molecule has 1 N–H and O–H groups in total. The monoisotopic (exact) mass is 444 g/mol. The summed E-state index contributed by atoms with van der Waals surface area (Å²) in [6.07, 6.45) is 4.41. The Balaban J connectivity index is 1.35. The number of aromatic amines is 1. The predicted molar refractivity (Wildman–Crippen MR) is 127 cm³/mol. The van der Waals surface area contributed by atoms with E-state index in [-0.39, 0.29) is 6.10 Å². The van der Waals surface area contributed by atoms with Gasteiger partial charge in [0, 0.05) is 36.3 Å². The number of thioether (sulfide) groups is 1. The maximum Gasteiger partial charge on any atom is 0.192 e. The van der Waals surface area contributed by atoms with Gasteiger partial charge in [0.15, 0.2) is 11.0 Å². The lowest BCUT2D eigenvalue weighted by Crippen LogP contribution is -2.16. The van der Waals surface area contributed by atoms with Gasteiger partial charge in [-0.05, 0) is 31.0 Å². The first-order valence-corrected chi connectivity index (χ1v) is 11.9. The summed E-state index contributed by atoms with van der Waals surface area (Å²) in [5.74, 6) is 2.63. The van der Waals surface area contributed by atoms with E-state index >= 15 is 0 Å². The van der Waals surface area contributed by atoms with Gasteiger partial charge in [-0.25, -0.2) is 4.98 Å². The first-order chi connectivity index (χ1) is 15.8. The Morgan fingerprint density at radius 2 is 2.00 bits per heavy atom. The van der Waals surface area contributed by atoms with Gasteiger partial charge in [-0.15, -0.1) is 10.2 Å². The van der Waals surface area contributed by atoms with E-state index in [4.69, 9.17) is 9.72 Å². The molecule has 0 radical (unpaired) electrons. The molecule has 1 aliphatic heterocycles. The molecule has 6 rings (SSSR count). The smallest absolute Gasteiger partial charge is 0.192 e. The summed E-state index contributed by atoms with van der Waals surface area (Å²) in [6.45, 7) is 1.59. The fraction of sp³-hybridized carbons (Fsp3) is 0.292. The number of para-hydroxylation sites is 3. The second-order valence-electron chi connectivity index (χ2n) is 8.16. The van der Waals surface area contributed by atoms with E-state index in [0.717, 1.165) is 76.1 Å². The SMILES string of the molecule is Cn1c(CSc2nnc(-c3c[nH]c4ccccc34)n2CC2CCCO2)nc2ccccc21. The van der Waals surface area contributed by atoms with Crippen LogP contribution in [0.5, 0.6) is 0 Å². The van der Waals surface area contributed by atoms with Crippen LogP contribution in [0.3, 0.4) is 0 Å². The highest BCUT2D eigenvalue weighted by atomic mass is 32.2. The van der Waals surface area contributed by atoms with E-state index in [9.17, 15) is 0 Å². The highest BCUT2D eigenvalue weighted by molar-refractivity contribution is 7.98. The van der Waals surface area contributed by atoms with Crippen LogP contribution < -0.4 is 0 Å². The number of fused-ring (bicyclic) bond motifs is 2. The van der Waals surface area contributed by atoms with Gasteiger partial charge in [0.05, 0.1) is 29.4 Å². The quantitative estimate of drug-likeness (QED) is 0.382. The molecule has 1 unspecified atom stereocenters. The van der Waals surface area contributed by atoms with Crippen molar-refractivity contribution in [3.05, 3.63) is 60.6 Å². The van der Waals surface area contributed by atoms with Crippen molar-refractivity contribution in [2.45, 2.75) is 36.4 Å². The van der Waals surface area contributed by atoms with E-state index in [0.29, 0.717) is 0 Å². The highest BCUT2D eigenvalue weighted by Gasteiger charge is 2.23. The van der Waals surface area contributed by atoms with Gasteiger partial charge < -0.3 is 14.3 Å². The molecule has 1 aliphatic rings. The number of imidazole rings is 1. The first kappa shape index (κ1) is 19.6. The standard InChI is InChI=1S/C24H24N6OS/c1-29-21-11-5-4-10-20(21)26-22(29)15-32-24-28-27-23(30(24)14-16-7-6-12-31-16)18-13-25-19-9-3-2-8-17(18)19/h2-5,8-11,13,16,25H,6-7,12,14-15H2,1H3. The second-order valence-corrected chi connectivity index (χ2v) is 9.11. The van der Waals surface area contributed by atoms with Crippen molar-refractivity contribution in [3.8, 4) is 11.4 Å². The number of H-pyrrole nitrogens is 1. The van der Waals surface area contributed by atoms with Crippen molar-refractivity contribution in [3.63, 3.8) is 0 Å². The molecule has 4 heterocycles. The third-order valence-electron chi connectivity index (χ3n) is 6.17. The number of aryl methyl sites for hydroxylation is 1. The Morgan fingerprint density at radius 1 is 1.12 bits per heavy atom. The van der Waals surface area contributed by atoms with Crippen LogP contribution in [-0.4, -0.2) is 42.0 Å². The molecule has 1 saturated heterocycles. The minimum absolute atomic E-state index is 0.199. The van der Waals surface area contributed by atoms with Crippen LogP contribution in [0.4, 0.5) is 0 Å². The van der Waals surface area contributed by atoms with Crippen molar-refractivity contribution >= 4 is 33.7 Å². The Morgan fingerprint density at radius 3 is 2.88 bits per heavy atom. The fourth-order valence-corrected chi connectivity index (χ4v) is 5.39. The Bertz CT molecular complexity index is 1390. The van der Waals surface area contributed by atoms with Crippen LogP contribution in [0.2, 0.25) is 0 Å². The van der Waals surface area contributed by atoms with E-state index in [1.54, 1.807) is 11.8 Å². The molecule has 1 fully saturated rings. The summed E-state index contributed by atoms with van der Waals surface area (Å²) in [7, 11) is 2.07. The Kier molecular flexibility index (Phi) is 4.96. The molecule has 7 nitrogen and oxygen atoms in total. The van der Waals surface area contributed by atoms with Crippen LogP contribution in [0.25, 0.3) is 33.3 Å². The summed E-state index contributed by atoms with van der Waals surface area (Å²) >= 11 is 1.68. The highest BCUT2D eigenvalue weighted by Crippen LogP contribution is 2.32. The maximum absolute atomic E-state index is 5.95. The molecule has 1 atom stereocenters. The number of aromatic nitrogens is 6. The lowest BCUT2D eigenvalue weighted by molar-refractivity contribution is 0.0953. The zero-order valence-electron chi connectivity index (χ0n) is 17.9. The molecule has 0 bridgehead atoms. The summed E-state index contributed by atoms with van der Waals surface area (Å²) in [5, 5.41) is 11.3. The van der Waals surface area contributed by atoms with Gasteiger partial charge in [-0.1, -0.05) is 42.1 Å². The summed E-state index contributed by atoms with van der Waals surface area (Å²) < 4.78 is 10.3. The fourth-order valence-electron chi connectivity index (χ4n) is 4.46. The summed E-state index contributed by atoms with van der Waals surface area (Å²) in [4.78, 5) is 8.18. The van der Waals surface area contributed by atoms with E-state index < -0.39 is 0 Å². The molecule has 0 aliphatic carbocycles. The van der Waals surface area contributed by atoms with E-state index in [1.807, 2.05) is 24.4 Å². The van der Waals surface area contributed by atoms with Gasteiger partial charge >= 0.3 is 0 Å². The minimum Gasteiger partial charge on any atom is -0.376 e. The maximum atomic E-state index is 5.95. The Hall–Kier alpha value is -3.10. The predicted octanol–water partition coefficient (Wildman–Crippen LogP) is 4.78. The van der Waals surface area contributed by atoms with Gasteiger partial charge in [0.1, 0.15) is 5.82 Å². The molecule has 0 spiro atoms. The second kappa shape index (κ2) is 8.11. The van der Waals surface area contributed by atoms with Crippen molar-refractivity contribution in [1.29, 1.82) is 0 Å². The third kappa shape index (κ3) is 3.40. The van der Waals surface area contributed by atoms with E-state index in [1.165, 1.54) is 0 Å². The minimum atomic E-state index is 0.199. The molecule has 0 amide bonds. The molecule has 8 heteroatoms. The molecule has 162 valence electrons. The zero-order chi connectivity index (χ0) is 21.5. The van der Waals surface area contributed by atoms with Crippen LogP contribution in [0.15, 0.2) is 59.9 Å². The summed E-state index contributed by atoms with van der Waals surface area (Å²) in [6, 6.07) is 16.5. The van der Waals surface area contributed by atoms with Gasteiger partial charge in [0.2, 0.25) is 0 Å². The number of ether oxygens (including phenoxy) is 1. The molecule has 5 aromatic rings. The van der Waals surface area contributed by atoms with Crippen LogP contribution in [0, 0.1) is 0 Å². The molecular formula is C24H24N6OS. The molecule has 32 heavy (non-hydrogen) atoms. The van der Waals surface area contributed by atoms with Crippen LogP contribution in [0.1, 0.15) is 18.7 Å². The van der Waals surface area contributed by atoms with Crippen molar-refractivity contribution in [2.75, 3.05) is 6.61 Å². The number of nitrogens with zero attached hydrogens (tertiary/aromatic N) is 5. The third-order valence-corrected chi connectivity index (χ3v) is 7.13. The molecule has 0 saturated carbocycles. The normalized spacial score (nSPS) is 16.5. The van der Waals surface area contributed by atoms with Crippen molar-refractivity contribution in [1.82, 2.24) is 29.3 Å². The average molecular weight is 445 g/mol. The number of hydrogen-bond acceptors (Lipinski definition) is 5. The van der Waals surface area contributed by atoms with E-state index in [2.05, 4.69) is 61.7 Å². The summed E-state index contributed by atoms with van der Waals surface area (Å²) in [5.41, 5.74) is 4.33. The lowest BCUT2D eigenvalue weighted by Gasteiger charge is -2.14. The van der Waals surface area contributed by atoms with Gasteiger partial charge in [0.25, 0.3) is 0 Å². The van der Waals surface area contributed by atoms with Crippen LogP contribution in [-0.2, 0) is 24.1 Å². The Labute approximate surface area is 189 Å². The topological polar surface area (TPSA) is 73.5 Å². The van der Waals surface area contributed by atoms with Gasteiger partial charge in [-0.2, -0.15) is 0 Å². The number of benzene rings is 2. The van der Waals surface area contributed by atoms with Crippen molar-refractivity contribution in [2.24, 2.45) is 7.05 Å². The van der Waals surface area contributed by atoms with Crippen LogP contribution >= 0.6 is 11.8 Å². The average Bonchev–Trinajstić information content (AvgIpc) is 3.60. The molecule has 3 aromatic heterocycles. The van der Waals surface area contributed by atoms with Gasteiger partial charge in [-0.3, -0.25) is 4.57 Å². The number of hydrogen-bond donors (Lipinski definition) is 1. The number of nitrogens with one attached hydrogen (secondary N) is 1. The first-order valence-electron chi connectivity index (χ1n) is 10.9. The zero-order valence-corrected chi connectivity index (χ0v) is 18.7. The largest absolute Gasteiger partial charge is 0.376 e. The lowest BCUT2D eigenvalue weighted by atomic mass is 10.1. The molecule has 2 aromatic carbocycles.